The minimum absolute atomic E-state index is 0.522. The van der Waals surface area contributed by atoms with Crippen molar-refractivity contribution < 1.29 is 14.3 Å². The van der Waals surface area contributed by atoms with E-state index in [1.807, 2.05) is 13.0 Å². The first-order valence-electron chi connectivity index (χ1n) is 5.05. The third-order valence-corrected chi connectivity index (χ3v) is 2.22. The van der Waals surface area contributed by atoms with Crippen LogP contribution in [0.25, 0.3) is 6.08 Å². The van der Waals surface area contributed by atoms with Crippen molar-refractivity contribution in [2.24, 2.45) is 0 Å². The van der Waals surface area contributed by atoms with E-state index < -0.39 is 0 Å². The third kappa shape index (κ3) is 1.84. The van der Waals surface area contributed by atoms with Gasteiger partial charge >= 0.3 is 0 Å². The van der Waals surface area contributed by atoms with Gasteiger partial charge in [0.05, 0.1) is 6.61 Å². The molecule has 16 heavy (non-hydrogen) atoms. The summed E-state index contributed by atoms with van der Waals surface area (Å²) in [6.45, 7) is 6.13. The summed E-state index contributed by atoms with van der Waals surface area (Å²) in [4.78, 5) is 10.8. The molecule has 82 valence electrons. The first-order chi connectivity index (χ1) is 7.74. The fraction of sp³-hybridized carbons (Fsp3) is 0.154. The highest BCUT2D eigenvalue weighted by Crippen LogP contribution is 2.37. The molecule has 1 aliphatic heterocycles. The van der Waals surface area contributed by atoms with Crippen molar-refractivity contribution in [1.82, 2.24) is 0 Å². The fourth-order valence-corrected chi connectivity index (χ4v) is 1.56. The van der Waals surface area contributed by atoms with Crippen LogP contribution in [0.5, 0.6) is 11.5 Å². The predicted octanol–water partition coefficient (Wildman–Crippen LogP) is 2.82. The van der Waals surface area contributed by atoms with Crippen LogP contribution in [0.4, 0.5) is 0 Å². The van der Waals surface area contributed by atoms with Crippen molar-refractivity contribution in [2.75, 3.05) is 6.61 Å². The Kier molecular flexibility index (Phi) is 2.77. The molecule has 3 nitrogen and oxygen atoms in total. The van der Waals surface area contributed by atoms with Crippen molar-refractivity contribution in [3.8, 4) is 11.5 Å². The molecule has 0 aliphatic carbocycles. The summed E-state index contributed by atoms with van der Waals surface area (Å²) in [5.74, 6) is 1.76. The lowest BCUT2D eigenvalue weighted by Crippen LogP contribution is -2.03. The molecule has 3 heteroatoms. The van der Waals surface area contributed by atoms with Crippen LogP contribution >= 0.6 is 0 Å². The molecule has 0 fully saturated rings. The molecular formula is C13H12O3. The number of aldehydes is 1. The van der Waals surface area contributed by atoms with E-state index in [1.165, 1.54) is 0 Å². The monoisotopic (exact) mass is 216 g/mol. The summed E-state index contributed by atoms with van der Waals surface area (Å²) in [6.07, 6.45) is 4.41. The maximum absolute atomic E-state index is 10.8. The highest BCUT2D eigenvalue weighted by Gasteiger charge is 2.15. The zero-order valence-electron chi connectivity index (χ0n) is 9.03. The Balaban J connectivity index is 2.54. The van der Waals surface area contributed by atoms with Gasteiger partial charge in [-0.15, -0.1) is 0 Å². The Bertz CT molecular complexity index is 472. The van der Waals surface area contributed by atoms with E-state index in [9.17, 15) is 4.79 Å². The number of allylic oxidation sites excluding steroid dienone is 1. The van der Waals surface area contributed by atoms with Crippen LogP contribution in [0.1, 0.15) is 22.8 Å². The molecule has 1 aromatic rings. The van der Waals surface area contributed by atoms with Gasteiger partial charge in [-0.05, 0) is 31.2 Å². The summed E-state index contributed by atoms with van der Waals surface area (Å²) in [5.41, 5.74) is 1.41. The number of ether oxygens (including phenoxy) is 2. The van der Waals surface area contributed by atoms with E-state index in [0.29, 0.717) is 29.4 Å². The van der Waals surface area contributed by atoms with Crippen LogP contribution < -0.4 is 9.47 Å². The number of hydrogen-bond donors (Lipinski definition) is 0. The fourth-order valence-electron chi connectivity index (χ4n) is 1.56. The van der Waals surface area contributed by atoms with E-state index in [-0.39, 0.29) is 0 Å². The highest BCUT2D eigenvalue weighted by molar-refractivity contribution is 5.80. The SMILES string of the molecule is C=C1C=Cc2cc(C=O)cc(OCC)c2O1. The van der Waals surface area contributed by atoms with E-state index in [2.05, 4.69) is 6.58 Å². The minimum Gasteiger partial charge on any atom is -0.490 e. The van der Waals surface area contributed by atoms with Crippen LogP contribution in [0.2, 0.25) is 0 Å². The summed E-state index contributed by atoms with van der Waals surface area (Å²) >= 11 is 0. The highest BCUT2D eigenvalue weighted by atomic mass is 16.5. The van der Waals surface area contributed by atoms with Crippen LogP contribution in [-0.4, -0.2) is 12.9 Å². The van der Waals surface area contributed by atoms with Crippen LogP contribution in [-0.2, 0) is 0 Å². The first-order valence-corrected chi connectivity index (χ1v) is 5.05. The van der Waals surface area contributed by atoms with Crippen molar-refractivity contribution in [3.05, 3.63) is 41.7 Å². The molecule has 2 rings (SSSR count). The Labute approximate surface area is 94.0 Å². The van der Waals surface area contributed by atoms with Gasteiger partial charge in [-0.25, -0.2) is 0 Å². The number of carbonyl (C=O) groups excluding carboxylic acids is 1. The van der Waals surface area contributed by atoms with E-state index in [4.69, 9.17) is 9.47 Å². The Morgan fingerprint density at radius 2 is 2.25 bits per heavy atom. The van der Waals surface area contributed by atoms with Gasteiger partial charge in [0, 0.05) is 11.1 Å². The Morgan fingerprint density at radius 1 is 1.44 bits per heavy atom. The van der Waals surface area contributed by atoms with Crippen molar-refractivity contribution in [1.29, 1.82) is 0 Å². The minimum atomic E-state index is 0.522. The number of hydrogen-bond acceptors (Lipinski definition) is 3. The second-order valence-corrected chi connectivity index (χ2v) is 3.39. The zero-order valence-corrected chi connectivity index (χ0v) is 9.03. The molecule has 0 bridgehead atoms. The molecular weight excluding hydrogens is 204 g/mol. The topological polar surface area (TPSA) is 35.5 Å². The lowest BCUT2D eigenvalue weighted by Gasteiger charge is -2.18. The third-order valence-electron chi connectivity index (χ3n) is 2.22. The number of rotatable bonds is 3. The largest absolute Gasteiger partial charge is 0.490 e. The van der Waals surface area contributed by atoms with Gasteiger partial charge in [-0.2, -0.15) is 0 Å². The normalized spacial score (nSPS) is 12.9. The van der Waals surface area contributed by atoms with Crippen LogP contribution in [0, 0.1) is 0 Å². The summed E-state index contributed by atoms with van der Waals surface area (Å²) in [7, 11) is 0. The van der Waals surface area contributed by atoms with Crippen LogP contribution in [0.15, 0.2) is 30.5 Å². The lowest BCUT2D eigenvalue weighted by atomic mass is 10.1. The smallest absolute Gasteiger partial charge is 0.176 e. The van der Waals surface area contributed by atoms with Gasteiger partial charge in [0.1, 0.15) is 12.0 Å². The van der Waals surface area contributed by atoms with Crippen LogP contribution in [0.3, 0.4) is 0 Å². The summed E-state index contributed by atoms with van der Waals surface area (Å²) < 4.78 is 10.9. The standard InChI is InChI=1S/C13H12O3/c1-3-15-12-7-10(8-14)6-11-5-4-9(2)16-13(11)12/h4-8H,2-3H2,1H3. The molecule has 0 unspecified atom stereocenters. The summed E-state index contributed by atoms with van der Waals surface area (Å²) in [5, 5.41) is 0. The number of carbonyl (C=O) groups is 1. The molecule has 0 N–H and O–H groups in total. The summed E-state index contributed by atoms with van der Waals surface area (Å²) in [6, 6.07) is 3.43. The molecule has 1 aliphatic rings. The molecule has 0 aromatic heterocycles. The maximum Gasteiger partial charge on any atom is 0.176 e. The molecule has 0 atom stereocenters. The van der Waals surface area contributed by atoms with Gasteiger partial charge in [-0.3, -0.25) is 4.79 Å². The Hall–Kier alpha value is -2.03. The molecule has 0 saturated heterocycles. The van der Waals surface area contributed by atoms with Crippen molar-refractivity contribution >= 4 is 12.4 Å². The molecule has 1 aromatic carbocycles. The van der Waals surface area contributed by atoms with Gasteiger partial charge in [0.2, 0.25) is 0 Å². The average Bonchev–Trinajstić information content (AvgIpc) is 2.30. The zero-order chi connectivity index (χ0) is 11.5. The maximum atomic E-state index is 10.8. The quantitative estimate of drug-likeness (QED) is 0.729. The molecule has 0 spiro atoms. The van der Waals surface area contributed by atoms with E-state index in [0.717, 1.165) is 11.8 Å². The van der Waals surface area contributed by atoms with Gasteiger partial charge in [0.25, 0.3) is 0 Å². The van der Waals surface area contributed by atoms with Gasteiger partial charge in [0.15, 0.2) is 11.5 Å². The van der Waals surface area contributed by atoms with Crippen molar-refractivity contribution in [2.45, 2.75) is 6.92 Å². The average molecular weight is 216 g/mol. The lowest BCUT2D eigenvalue weighted by molar-refractivity contribution is 0.112. The molecule has 0 radical (unpaired) electrons. The first kappa shape index (κ1) is 10.5. The Morgan fingerprint density at radius 3 is 2.94 bits per heavy atom. The molecule has 0 amide bonds. The van der Waals surface area contributed by atoms with E-state index in [1.54, 1.807) is 18.2 Å². The van der Waals surface area contributed by atoms with Crippen molar-refractivity contribution in [3.63, 3.8) is 0 Å². The predicted molar refractivity (Wildman–Crippen MR) is 61.8 cm³/mol. The number of benzene rings is 1. The molecule has 0 saturated carbocycles. The number of fused-ring (bicyclic) bond motifs is 1. The van der Waals surface area contributed by atoms with Gasteiger partial charge in [-0.1, -0.05) is 6.58 Å². The molecule has 1 heterocycles. The van der Waals surface area contributed by atoms with Gasteiger partial charge < -0.3 is 9.47 Å². The second kappa shape index (κ2) is 4.23. The van der Waals surface area contributed by atoms with E-state index >= 15 is 0 Å². The second-order valence-electron chi connectivity index (χ2n) is 3.39.